The average Bonchev–Trinajstić information content (AvgIpc) is 3.25. The zero-order valence-electron chi connectivity index (χ0n) is 17.5. The Bertz CT molecular complexity index is 670. The third-order valence-corrected chi connectivity index (χ3v) is 6.65. The van der Waals surface area contributed by atoms with Crippen LogP contribution in [0.2, 0.25) is 0 Å². The van der Waals surface area contributed by atoms with Crippen LogP contribution in [0.25, 0.3) is 0 Å². The van der Waals surface area contributed by atoms with Gasteiger partial charge in [0, 0.05) is 43.0 Å². The van der Waals surface area contributed by atoms with Crippen molar-refractivity contribution in [1.82, 2.24) is 20.4 Å². The fourth-order valence-corrected chi connectivity index (χ4v) is 5.06. The van der Waals surface area contributed by atoms with Crippen molar-refractivity contribution in [3.8, 4) is 0 Å². The number of carbonyl (C=O) groups excluding carboxylic acids is 2. The lowest BCUT2D eigenvalue weighted by Gasteiger charge is -2.34. The topological polar surface area (TPSA) is 64.7 Å². The second kappa shape index (κ2) is 8.93. The first-order valence-electron chi connectivity index (χ1n) is 10.3. The van der Waals surface area contributed by atoms with Crippen molar-refractivity contribution in [1.29, 1.82) is 0 Å². The van der Waals surface area contributed by atoms with Crippen LogP contribution in [0.5, 0.6) is 0 Å². The first kappa shape index (κ1) is 21.3. The molecule has 2 aliphatic rings. The molecule has 0 aromatic carbocycles. The van der Waals surface area contributed by atoms with E-state index in [1.807, 2.05) is 17.5 Å². The predicted molar refractivity (Wildman–Crippen MR) is 113 cm³/mol. The van der Waals surface area contributed by atoms with E-state index >= 15 is 0 Å². The summed E-state index contributed by atoms with van der Waals surface area (Å²) in [6.07, 6.45) is 2.25. The van der Waals surface area contributed by atoms with Gasteiger partial charge in [-0.15, -0.1) is 11.3 Å². The summed E-state index contributed by atoms with van der Waals surface area (Å²) in [5.41, 5.74) is 0.167. The van der Waals surface area contributed by atoms with Gasteiger partial charge in [-0.1, -0.05) is 26.8 Å². The van der Waals surface area contributed by atoms with E-state index < -0.39 is 0 Å². The number of rotatable bonds is 6. The van der Waals surface area contributed by atoms with Gasteiger partial charge in [0.1, 0.15) is 6.04 Å². The number of fused-ring (bicyclic) bond motifs is 1. The standard InChI is InChI=1S/C21H34N4O2S/c1-21(2,3)14-25-10-9-17-19(25)20(27)23-12-15(24(17)4)7-8-18(26)22-13-16-6-5-11-28-16/h5-6,11,15,17,19H,7-10,12-14H2,1-4H3,(H,22,26)(H,23,27)/t15-,17+,19-/m0/s1. The van der Waals surface area contributed by atoms with E-state index in [9.17, 15) is 9.59 Å². The minimum absolute atomic E-state index is 0.0784. The Morgan fingerprint density at radius 3 is 2.86 bits per heavy atom. The third kappa shape index (κ3) is 5.33. The molecule has 28 heavy (non-hydrogen) atoms. The van der Waals surface area contributed by atoms with Crippen molar-refractivity contribution < 1.29 is 9.59 Å². The SMILES string of the molecule is CN1[C@@H](CCC(=O)NCc2cccs2)CNC(=O)[C@@H]2[C@H]1CCN2CC(C)(C)C. The largest absolute Gasteiger partial charge is 0.353 e. The minimum Gasteiger partial charge on any atom is -0.353 e. The van der Waals surface area contributed by atoms with Gasteiger partial charge in [0.2, 0.25) is 11.8 Å². The van der Waals surface area contributed by atoms with E-state index in [4.69, 9.17) is 0 Å². The van der Waals surface area contributed by atoms with Crippen molar-refractivity contribution in [2.75, 3.05) is 26.7 Å². The summed E-state index contributed by atoms with van der Waals surface area (Å²) in [5, 5.41) is 8.16. The highest BCUT2D eigenvalue weighted by molar-refractivity contribution is 7.09. The van der Waals surface area contributed by atoms with Gasteiger partial charge < -0.3 is 10.6 Å². The van der Waals surface area contributed by atoms with E-state index in [1.165, 1.54) is 4.88 Å². The zero-order valence-corrected chi connectivity index (χ0v) is 18.3. The van der Waals surface area contributed by atoms with E-state index in [-0.39, 0.29) is 35.4 Å². The Morgan fingerprint density at radius 1 is 1.39 bits per heavy atom. The molecule has 1 aromatic heterocycles. The molecule has 2 N–H and O–H groups in total. The van der Waals surface area contributed by atoms with Crippen LogP contribution in [0.3, 0.4) is 0 Å². The number of likely N-dealkylation sites (N-methyl/N-ethyl adjacent to an activating group) is 1. The van der Waals surface area contributed by atoms with E-state index in [2.05, 4.69) is 48.3 Å². The summed E-state index contributed by atoms with van der Waals surface area (Å²) in [7, 11) is 2.12. The first-order chi connectivity index (χ1) is 13.2. The van der Waals surface area contributed by atoms with Gasteiger partial charge in [-0.25, -0.2) is 0 Å². The molecule has 0 spiro atoms. The van der Waals surface area contributed by atoms with Crippen molar-refractivity contribution in [2.45, 2.75) is 64.7 Å². The van der Waals surface area contributed by atoms with Crippen LogP contribution in [0.1, 0.15) is 44.9 Å². The Labute approximate surface area is 172 Å². The molecule has 7 heteroatoms. The van der Waals surface area contributed by atoms with Gasteiger partial charge in [0.25, 0.3) is 0 Å². The maximum absolute atomic E-state index is 12.8. The summed E-state index contributed by atoms with van der Waals surface area (Å²) in [5.74, 6) is 0.220. The number of carbonyl (C=O) groups is 2. The summed E-state index contributed by atoms with van der Waals surface area (Å²) < 4.78 is 0. The molecule has 2 fully saturated rings. The van der Waals surface area contributed by atoms with Crippen LogP contribution in [0.4, 0.5) is 0 Å². The highest BCUT2D eigenvalue weighted by atomic mass is 32.1. The quantitative estimate of drug-likeness (QED) is 0.759. The van der Waals surface area contributed by atoms with Crippen LogP contribution in [0.15, 0.2) is 17.5 Å². The van der Waals surface area contributed by atoms with Crippen LogP contribution in [-0.4, -0.2) is 66.4 Å². The molecule has 3 rings (SSSR count). The fourth-order valence-electron chi connectivity index (χ4n) is 4.42. The summed E-state index contributed by atoms with van der Waals surface area (Å²) in [6.45, 7) is 9.75. The normalized spacial score (nSPS) is 26.6. The molecule has 2 amide bonds. The lowest BCUT2D eigenvalue weighted by molar-refractivity contribution is -0.126. The number of nitrogens with zero attached hydrogens (tertiary/aromatic N) is 2. The zero-order chi connectivity index (χ0) is 20.3. The molecular formula is C21H34N4O2S. The van der Waals surface area contributed by atoms with Gasteiger partial charge >= 0.3 is 0 Å². The molecule has 0 unspecified atom stereocenters. The van der Waals surface area contributed by atoms with E-state index in [0.29, 0.717) is 19.5 Å². The Hall–Kier alpha value is -1.44. The molecule has 0 saturated carbocycles. The summed E-state index contributed by atoms with van der Waals surface area (Å²) >= 11 is 1.65. The molecule has 3 atom stereocenters. The average molecular weight is 407 g/mol. The Balaban J connectivity index is 1.54. The van der Waals surface area contributed by atoms with Crippen LogP contribution < -0.4 is 10.6 Å². The monoisotopic (exact) mass is 406 g/mol. The summed E-state index contributed by atoms with van der Waals surface area (Å²) in [4.78, 5) is 30.9. The van der Waals surface area contributed by atoms with Gasteiger partial charge in [-0.2, -0.15) is 0 Å². The number of thiophene rings is 1. The second-order valence-electron chi connectivity index (χ2n) is 9.29. The number of likely N-dealkylation sites (tertiary alicyclic amines) is 1. The smallest absolute Gasteiger partial charge is 0.239 e. The molecule has 2 saturated heterocycles. The molecule has 2 aliphatic heterocycles. The van der Waals surface area contributed by atoms with Gasteiger partial charge in [0.05, 0.1) is 6.54 Å². The molecule has 6 nitrogen and oxygen atoms in total. The first-order valence-corrected chi connectivity index (χ1v) is 11.2. The Morgan fingerprint density at radius 2 is 2.18 bits per heavy atom. The van der Waals surface area contributed by atoms with E-state index in [1.54, 1.807) is 11.3 Å². The van der Waals surface area contributed by atoms with Crippen molar-refractivity contribution in [3.05, 3.63) is 22.4 Å². The van der Waals surface area contributed by atoms with Gasteiger partial charge in [0.15, 0.2) is 0 Å². The maximum atomic E-state index is 12.8. The minimum atomic E-state index is -0.0816. The lowest BCUT2D eigenvalue weighted by Crippen LogP contribution is -2.51. The summed E-state index contributed by atoms with van der Waals surface area (Å²) in [6, 6.07) is 4.37. The third-order valence-electron chi connectivity index (χ3n) is 5.77. The van der Waals surface area contributed by atoms with Crippen LogP contribution in [-0.2, 0) is 16.1 Å². The number of nitrogens with one attached hydrogen (secondary N) is 2. The number of hydrogen-bond acceptors (Lipinski definition) is 5. The van der Waals surface area contributed by atoms with Crippen LogP contribution in [0, 0.1) is 5.41 Å². The molecule has 0 bridgehead atoms. The lowest BCUT2D eigenvalue weighted by atomic mass is 9.95. The second-order valence-corrected chi connectivity index (χ2v) is 10.3. The van der Waals surface area contributed by atoms with Crippen LogP contribution >= 0.6 is 11.3 Å². The molecule has 0 radical (unpaired) electrons. The van der Waals surface area contributed by atoms with Gasteiger partial charge in [-0.3, -0.25) is 19.4 Å². The molecular weight excluding hydrogens is 372 g/mol. The fraction of sp³-hybridized carbons (Fsp3) is 0.714. The highest BCUT2D eigenvalue weighted by Gasteiger charge is 2.45. The molecule has 1 aromatic rings. The number of amides is 2. The van der Waals surface area contributed by atoms with Gasteiger partial charge in [-0.05, 0) is 36.8 Å². The molecule has 156 valence electrons. The molecule has 3 heterocycles. The number of hydrogen-bond donors (Lipinski definition) is 2. The van der Waals surface area contributed by atoms with Crippen molar-refractivity contribution in [2.24, 2.45) is 5.41 Å². The molecule has 0 aliphatic carbocycles. The highest BCUT2D eigenvalue weighted by Crippen LogP contribution is 2.30. The van der Waals surface area contributed by atoms with E-state index in [0.717, 1.165) is 25.9 Å². The predicted octanol–water partition coefficient (Wildman–Crippen LogP) is 2.06. The van der Waals surface area contributed by atoms with Crippen molar-refractivity contribution in [3.63, 3.8) is 0 Å². The maximum Gasteiger partial charge on any atom is 0.239 e. The Kier molecular flexibility index (Phi) is 6.78. The van der Waals surface area contributed by atoms with Crippen molar-refractivity contribution >= 4 is 23.2 Å².